The average molecular weight is 270 g/mol. The van der Waals surface area contributed by atoms with Gasteiger partial charge in [-0.25, -0.2) is 0 Å². The van der Waals surface area contributed by atoms with Crippen LogP contribution >= 0.6 is 0 Å². The van der Waals surface area contributed by atoms with Crippen LogP contribution in [0.25, 0.3) is 11.1 Å². The van der Waals surface area contributed by atoms with Crippen molar-refractivity contribution in [3.63, 3.8) is 0 Å². The van der Waals surface area contributed by atoms with Gasteiger partial charge < -0.3 is 10.7 Å². The molecule has 0 fully saturated rings. The lowest BCUT2D eigenvalue weighted by atomic mass is 9.92. The van der Waals surface area contributed by atoms with Crippen molar-refractivity contribution >= 4 is 5.91 Å². The summed E-state index contributed by atoms with van der Waals surface area (Å²) in [7, 11) is 0. The number of pyridine rings is 1. The van der Waals surface area contributed by atoms with E-state index in [0.717, 1.165) is 27.9 Å². The molecule has 2 rings (SSSR count). The summed E-state index contributed by atoms with van der Waals surface area (Å²) in [5, 5.41) is 0. The molecular formula is C16H18N2O2. The van der Waals surface area contributed by atoms with E-state index in [1.54, 1.807) is 12.1 Å². The highest BCUT2D eigenvalue weighted by Crippen LogP contribution is 2.27. The van der Waals surface area contributed by atoms with Crippen LogP contribution < -0.4 is 11.3 Å². The fourth-order valence-corrected chi connectivity index (χ4v) is 2.55. The number of aromatic nitrogens is 1. The molecule has 0 saturated carbocycles. The van der Waals surface area contributed by atoms with E-state index in [1.807, 2.05) is 33.8 Å². The van der Waals surface area contributed by atoms with Gasteiger partial charge in [0.05, 0.1) is 5.56 Å². The third-order valence-electron chi connectivity index (χ3n) is 3.69. The second kappa shape index (κ2) is 4.96. The Balaban J connectivity index is 2.76. The van der Waals surface area contributed by atoms with E-state index in [4.69, 9.17) is 5.73 Å². The van der Waals surface area contributed by atoms with E-state index < -0.39 is 5.91 Å². The fourth-order valence-electron chi connectivity index (χ4n) is 2.55. The summed E-state index contributed by atoms with van der Waals surface area (Å²) < 4.78 is 0. The number of nitrogens with one attached hydrogen (secondary N) is 1. The summed E-state index contributed by atoms with van der Waals surface area (Å²) in [6.07, 6.45) is 0. The molecule has 0 saturated heterocycles. The van der Waals surface area contributed by atoms with Gasteiger partial charge in [0.1, 0.15) is 0 Å². The van der Waals surface area contributed by atoms with Gasteiger partial charge in [0, 0.05) is 11.3 Å². The van der Waals surface area contributed by atoms with Gasteiger partial charge in [-0.3, -0.25) is 9.59 Å². The second-order valence-corrected chi connectivity index (χ2v) is 5.11. The second-order valence-electron chi connectivity index (χ2n) is 5.11. The lowest BCUT2D eigenvalue weighted by molar-refractivity contribution is 0.0999. The van der Waals surface area contributed by atoms with E-state index in [2.05, 4.69) is 4.98 Å². The SMILES string of the molecule is Cc1cc(C)c(-c2ccc(C(N)=O)c(C)c2C)c(=O)[nH]1. The standard InChI is InChI=1S/C16H18N2O2/c1-8-7-9(2)18-16(20)14(8)12-5-6-13(15(17)19)11(4)10(12)3/h5-7H,1-4H3,(H2,17,19)(H,18,20). The number of aromatic amines is 1. The van der Waals surface area contributed by atoms with Gasteiger partial charge in [0.15, 0.2) is 0 Å². The first-order valence-electron chi connectivity index (χ1n) is 6.43. The molecule has 0 unspecified atom stereocenters. The van der Waals surface area contributed by atoms with E-state index in [-0.39, 0.29) is 5.56 Å². The number of carbonyl (C=O) groups is 1. The first-order valence-corrected chi connectivity index (χ1v) is 6.43. The summed E-state index contributed by atoms with van der Waals surface area (Å²) in [5.41, 5.74) is 10.7. The van der Waals surface area contributed by atoms with Crippen molar-refractivity contribution in [2.24, 2.45) is 5.73 Å². The number of nitrogens with two attached hydrogens (primary N) is 1. The lowest BCUT2D eigenvalue weighted by Gasteiger charge is -2.13. The highest BCUT2D eigenvalue weighted by atomic mass is 16.1. The van der Waals surface area contributed by atoms with Gasteiger partial charge in [-0.1, -0.05) is 6.07 Å². The molecule has 4 nitrogen and oxygen atoms in total. The van der Waals surface area contributed by atoms with Crippen molar-refractivity contribution in [1.29, 1.82) is 0 Å². The van der Waals surface area contributed by atoms with Crippen molar-refractivity contribution in [2.75, 3.05) is 0 Å². The number of rotatable bonds is 2. The maximum Gasteiger partial charge on any atom is 0.256 e. The van der Waals surface area contributed by atoms with E-state index in [1.165, 1.54) is 0 Å². The Hall–Kier alpha value is -2.36. The molecule has 0 atom stereocenters. The Morgan fingerprint density at radius 1 is 1.10 bits per heavy atom. The average Bonchev–Trinajstić information content (AvgIpc) is 2.32. The van der Waals surface area contributed by atoms with Crippen LogP contribution in [-0.2, 0) is 0 Å². The molecule has 0 aliphatic carbocycles. The van der Waals surface area contributed by atoms with Gasteiger partial charge in [-0.15, -0.1) is 0 Å². The minimum Gasteiger partial charge on any atom is -0.366 e. The summed E-state index contributed by atoms with van der Waals surface area (Å²) in [6, 6.07) is 5.40. The van der Waals surface area contributed by atoms with Gasteiger partial charge >= 0.3 is 0 Å². The zero-order chi connectivity index (χ0) is 15.0. The number of hydrogen-bond donors (Lipinski definition) is 2. The van der Waals surface area contributed by atoms with Crippen molar-refractivity contribution in [3.8, 4) is 11.1 Å². The summed E-state index contributed by atoms with van der Waals surface area (Å²) in [4.78, 5) is 26.4. The normalized spacial score (nSPS) is 10.6. The first kappa shape index (κ1) is 14.1. The molecule has 1 amide bonds. The third kappa shape index (κ3) is 2.25. The maximum atomic E-state index is 12.2. The van der Waals surface area contributed by atoms with Crippen LogP contribution in [0.3, 0.4) is 0 Å². The molecule has 20 heavy (non-hydrogen) atoms. The van der Waals surface area contributed by atoms with Crippen molar-refractivity contribution in [3.05, 3.63) is 56.5 Å². The Morgan fingerprint density at radius 3 is 2.30 bits per heavy atom. The maximum absolute atomic E-state index is 12.2. The Morgan fingerprint density at radius 2 is 1.75 bits per heavy atom. The highest BCUT2D eigenvalue weighted by molar-refractivity contribution is 5.95. The molecule has 3 N–H and O–H groups in total. The van der Waals surface area contributed by atoms with Gasteiger partial charge in [-0.05, 0) is 62.1 Å². The minimum absolute atomic E-state index is 0.114. The van der Waals surface area contributed by atoms with Crippen LogP contribution in [0.1, 0.15) is 32.7 Å². The monoisotopic (exact) mass is 270 g/mol. The smallest absolute Gasteiger partial charge is 0.256 e. The van der Waals surface area contributed by atoms with Gasteiger partial charge in [-0.2, -0.15) is 0 Å². The third-order valence-corrected chi connectivity index (χ3v) is 3.69. The van der Waals surface area contributed by atoms with Crippen LogP contribution in [0, 0.1) is 27.7 Å². The number of aryl methyl sites for hydroxylation is 2. The summed E-state index contributed by atoms with van der Waals surface area (Å²) >= 11 is 0. The van der Waals surface area contributed by atoms with Crippen LogP contribution in [0.4, 0.5) is 0 Å². The largest absolute Gasteiger partial charge is 0.366 e. The Labute approximate surface area is 117 Å². The number of amides is 1. The fraction of sp³-hybridized carbons (Fsp3) is 0.250. The molecule has 0 aliphatic rings. The summed E-state index contributed by atoms with van der Waals surface area (Å²) in [6.45, 7) is 7.51. The molecule has 1 aromatic heterocycles. The molecule has 0 spiro atoms. The molecule has 0 radical (unpaired) electrons. The molecule has 0 aliphatic heterocycles. The van der Waals surface area contributed by atoms with E-state index >= 15 is 0 Å². The number of H-pyrrole nitrogens is 1. The predicted molar refractivity (Wildman–Crippen MR) is 80.0 cm³/mol. The number of hydrogen-bond acceptors (Lipinski definition) is 2. The zero-order valence-corrected chi connectivity index (χ0v) is 12.1. The Bertz CT molecular complexity index is 758. The molecule has 0 bridgehead atoms. The topological polar surface area (TPSA) is 76.0 Å². The van der Waals surface area contributed by atoms with E-state index in [0.29, 0.717) is 11.1 Å². The molecular weight excluding hydrogens is 252 g/mol. The number of carbonyl (C=O) groups excluding carboxylic acids is 1. The summed E-state index contributed by atoms with van der Waals surface area (Å²) in [5.74, 6) is -0.452. The van der Waals surface area contributed by atoms with Crippen LogP contribution in [-0.4, -0.2) is 10.9 Å². The predicted octanol–water partition coefficient (Wildman–Crippen LogP) is 2.37. The zero-order valence-electron chi connectivity index (χ0n) is 12.1. The molecule has 1 heterocycles. The van der Waals surface area contributed by atoms with Crippen LogP contribution in [0.2, 0.25) is 0 Å². The molecule has 2 aromatic rings. The van der Waals surface area contributed by atoms with Crippen molar-refractivity contribution in [2.45, 2.75) is 27.7 Å². The number of primary amides is 1. The molecule has 104 valence electrons. The van der Waals surface area contributed by atoms with Crippen LogP contribution in [0.5, 0.6) is 0 Å². The number of benzene rings is 1. The lowest BCUT2D eigenvalue weighted by Crippen LogP contribution is -2.16. The van der Waals surface area contributed by atoms with Gasteiger partial charge in [0.2, 0.25) is 5.91 Å². The quantitative estimate of drug-likeness (QED) is 0.879. The first-order chi connectivity index (χ1) is 9.32. The van der Waals surface area contributed by atoms with Crippen LogP contribution in [0.15, 0.2) is 23.0 Å². The van der Waals surface area contributed by atoms with Crippen molar-refractivity contribution in [1.82, 2.24) is 4.98 Å². The molecule has 4 heteroatoms. The minimum atomic E-state index is -0.452. The molecule has 1 aromatic carbocycles. The van der Waals surface area contributed by atoms with Crippen molar-refractivity contribution < 1.29 is 4.79 Å². The van der Waals surface area contributed by atoms with E-state index in [9.17, 15) is 9.59 Å². The Kier molecular flexibility index (Phi) is 3.49. The highest BCUT2D eigenvalue weighted by Gasteiger charge is 2.15. The van der Waals surface area contributed by atoms with Gasteiger partial charge in [0.25, 0.3) is 5.56 Å².